The Kier molecular flexibility index (Phi) is 4.64. The second-order valence-corrected chi connectivity index (χ2v) is 5.39. The standard InChI is InChI=1S/C15H23NO3/c1-10(12-6-4-5-7-12)16-9-13-8-14(11(2)19-13)15(17)18-3/h8,10,12,16H,4-7,9H2,1-3H3/t10-/m1/s1. The van der Waals surface area contributed by atoms with Crippen LogP contribution in [0.1, 0.15) is 54.5 Å². The molecule has 0 unspecified atom stereocenters. The molecule has 1 aromatic heterocycles. The molecular weight excluding hydrogens is 242 g/mol. The largest absolute Gasteiger partial charge is 0.465 e. The van der Waals surface area contributed by atoms with Crippen LogP contribution in [0.2, 0.25) is 0 Å². The summed E-state index contributed by atoms with van der Waals surface area (Å²) in [5.41, 5.74) is 0.521. The number of furan rings is 1. The van der Waals surface area contributed by atoms with Gasteiger partial charge in [0.15, 0.2) is 0 Å². The molecule has 0 aromatic carbocycles. The Bertz CT molecular complexity index is 433. The second-order valence-electron chi connectivity index (χ2n) is 5.39. The van der Waals surface area contributed by atoms with E-state index in [4.69, 9.17) is 9.15 Å². The fourth-order valence-electron chi connectivity index (χ4n) is 2.83. The zero-order valence-corrected chi connectivity index (χ0v) is 12.0. The molecule has 1 aromatic rings. The molecule has 0 radical (unpaired) electrons. The smallest absolute Gasteiger partial charge is 0.341 e. The number of methoxy groups -OCH3 is 1. The molecule has 19 heavy (non-hydrogen) atoms. The number of ether oxygens (including phenoxy) is 1. The predicted molar refractivity (Wildman–Crippen MR) is 73.0 cm³/mol. The summed E-state index contributed by atoms with van der Waals surface area (Å²) < 4.78 is 10.3. The van der Waals surface area contributed by atoms with Crippen LogP contribution in [0.15, 0.2) is 10.5 Å². The van der Waals surface area contributed by atoms with Crippen LogP contribution in [0, 0.1) is 12.8 Å². The van der Waals surface area contributed by atoms with E-state index in [9.17, 15) is 4.79 Å². The van der Waals surface area contributed by atoms with Crippen LogP contribution in [0.4, 0.5) is 0 Å². The van der Waals surface area contributed by atoms with Crippen LogP contribution in [0.3, 0.4) is 0 Å². The van der Waals surface area contributed by atoms with Crippen molar-refractivity contribution < 1.29 is 13.9 Å². The van der Waals surface area contributed by atoms with Gasteiger partial charge in [-0.2, -0.15) is 0 Å². The first-order valence-electron chi connectivity index (χ1n) is 7.03. The van der Waals surface area contributed by atoms with Gasteiger partial charge in [-0.05, 0) is 38.7 Å². The van der Waals surface area contributed by atoms with E-state index in [1.807, 2.05) is 0 Å². The van der Waals surface area contributed by atoms with Crippen LogP contribution in [-0.2, 0) is 11.3 Å². The first-order valence-corrected chi connectivity index (χ1v) is 7.03. The topological polar surface area (TPSA) is 51.5 Å². The zero-order valence-electron chi connectivity index (χ0n) is 12.0. The van der Waals surface area contributed by atoms with E-state index in [1.54, 1.807) is 13.0 Å². The van der Waals surface area contributed by atoms with Crippen molar-refractivity contribution in [3.05, 3.63) is 23.2 Å². The normalized spacial score (nSPS) is 17.6. The predicted octanol–water partition coefficient (Wildman–Crippen LogP) is 3.04. The fraction of sp³-hybridized carbons (Fsp3) is 0.667. The van der Waals surface area contributed by atoms with Gasteiger partial charge in [0.1, 0.15) is 17.1 Å². The Labute approximate surface area is 114 Å². The van der Waals surface area contributed by atoms with Gasteiger partial charge in [-0.3, -0.25) is 0 Å². The highest BCUT2D eigenvalue weighted by Gasteiger charge is 2.22. The summed E-state index contributed by atoms with van der Waals surface area (Å²) in [7, 11) is 1.38. The van der Waals surface area contributed by atoms with E-state index < -0.39 is 0 Å². The average Bonchev–Trinajstić information content (AvgIpc) is 3.04. The molecule has 0 amide bonds. The highest BCUT2D eigenvalue weighted by atomic mass is 16.5. The van der Waals surface area contributed by atoms with E-state index in [0.29, 0.717) is 23.9 Å². The van der Waals surface area contributed by atoms with E-state index in [1.165, 1.54) is 32.8 Å². The van der Waals surface area contributed by atoms with Crippen LogP contribution < -0.4 is 5.32 Å². The molecule has 0 bridgehead atoms. The lowest BCUT2D eigenvalue weighted by molar-refractivity contribution is 0.0599. The fourth-order valence-corrected chi connectivity index (χ4v) is 2.83. The Hall–Kier alpha value is -1.29. The molecule has 1 atom stereocenters. The van der Waals surface area contributed by atoms with E-state index in [0.717, 1.165) is 11.7 Å². The van der Waals surface area contributed by atoms with Gasteiger partial charge in [-0.15, -0.1) is 0 Å². The number of esters is 1. The highest BCUT2D eigenvalue weighted by Crippen LogP contribution is 2.27. The number of nitrogens with one attached hydrogen (secondary N) is 1. The lowest BCUT2D eigenvalue weighted by atomic mass is 10.00. The molecular formula is C15H23NO3. The van der Waals surface area contributed by atoms with E-state index >= 15 is 0 Å². The summed E-state index contributed by atoms with van der Waals surface area (Å²) in [4.78, 5) is 11.5. The van der Waals surface area contributed by atoms with E-state index in [-0.39, 0.29) is 5.97 Å². The molecule has 1 aliphatic rings. The summed E-state index contributed by atoms with van der Waals surface area (Å²) in [6.45, 7) is 4.68. The third-order valence-electron chi connectivity index (χ3n) is 4.08. The van der Waals surface area contributed by atoms with Crippen molar-refractivity contribution in [3.63, 3.8) is 0 Å². The monoisotopic (exact) mass is 265 g/mol. The third-order valence-corrected chi connectivity index (χ3v) is 4.08. The van der Waals surface area contributed by atoms with Gasteiger partial charge in [-0.25, -0.2) is 4.79 Å². The van der Waals surface area contributed by atoms with Gasteiger partial charge in [0.25, 0.3) is 0 Å². The van der Waals surface area contributed by atoms with Gasteiger partial charge >= 0.3 is 5.97 Å². The second kappa shape index (κ2) is 6.24. The van der Waals surface area contributed by atoms with Crippen LogP contribution in [-0.4, -0.2) is 19.1 Å². The minimum atomic E-state index is -0.337. The van der Waals surface area contributed by atoms with Crippen molar-refractivity contribution in [2.45, 2.75) is 52.1 Å². The Morgan fingerprint density at radius 1 is 1.53 bits per heavy atom. The molecule has 4 heteroatoms. The molecule has 0 saturated heterocycles. The number of aryl methyl sites for hydroxylation is 1. The molecule has 1 N–H and O–H groups in total. The van der Waals surface area contributed by atoms with Crippen LogP contribution >= 0.6 is 0 Å². The summed E-state index contributed by atoms with van der Waals surface area (Å²) in [5, 5.41) is 3.49. The molecule has 1 saturated carbocycles. The quantitative estimate of drug-likeness (QED) is 0.831. The Morgan fingerprint density at radius 2 is 2.21 bits per heavy atom. The van der Waals surface area contributed by atoms with Gasteiger partial charge < -0.3 is 14.5 Å². The van der Waals surface area contributed by atoms with Gasteiger partial charge in [0.2, 0.25) is 0 Å². The first-order chi connectivity index (χ1) is 9.11. The Morgan fingerprint density at radius 3 is 2.84 bits per heavy atom. The van der Waals surface area contributed by atoms with Crippen molar-refractivity contribution in [3.8, 4) is 0 Å². The van der Waals surface area contributed by atoms with E-state index in [2.05, 4.69) is 12.2 Å². The number of hydrogen-bond acceptors (Lipinski definition) is 4. The van der Waals surface area contributed by atoms with Gasteiger partial charge in [0, 0.05) is 6.04 Å². The molecule has 0 spiro atoms. The number of carbonyl (C=O) groups is 1. The number of carbonyl (C=O) groups excluding carboxylic acids is 1. The molecule has 2 rings (SSSR count). The van der Waals surface area contributed by atoms with Crippen LogP contribution in [0.5, 0.6) is 0 Å². The average molecular weight is 265 g/mol. The maximum atomic E-state index is 11.5. The Balaban J connectivity index is 1.90. The van der Waals surface area contributed by atoms with Crippen molar-refractivity contribution in [1.82, 2.24) is 5.32 Å². The molecule has 1 aliphatic carbocycles. The maximum absolute atomic E-state index is 11.5. The summed E-state index contributed by atoms with van der Waals surface area (Å²) in [5.74, 6) is 1.85. The van der Waals surface area contributed by atoms with Crippen molar-refractivity contribution in [2.75, 3.05) is 7.11 Å². The van der Waals surface area contributed by atoms with Crippen LogP contribution in [0.25, 0.3) is 0 Å². The number of rotatable bonds is 5. The lowest BCUT2D eigenvalue weighted by Gasteiger charge is -2.19. The molecule has 1 fully saturated rings. The molecule has 0 aliphatic heterocycles. The minimum Gasteiger partial charge on any atom is -0.465 e. The summed E-state index contributed by atoms with van der Waals surface area (Å²) >= 11 is 0. The molecule has 1 heterocycles. The van der Waals surface area contributed by atoms with Crippen molar-refractivity contribution in [2.24, 2.45) is 5.92 Å². The third kappa shape index (κ3) is 3.38. The SMILES string of the molecule is COC(=O)c1cc(CN[C@H](C)C2CCCC2)oc1C. The zero-order chi connectivity index (χ0) is 13.8. The van der Waals surface area contributed by atoms with Crippen molar-refractivity contribution in [1.29, 1.82) is 0 Å². The van der Waals surface area contributed by atoms with Gasteiger partial charge in [0.05, 0.1) is 13.7 Å². The molecule has 4 nitrogen and oxygen atoms in total. The first kappa shape index (κ1) is 14.1. The lowest BCUT2D eigenvalue weighted by Crippen LogP contribution is -2.31. The minimum absolute atomic E-state index is 0.337. The van der Waals surface area contributed by atoms with Gasteiger partial charge in [-0.1, -0.05) is 12.8 Å². The molecule has 106 valence electrons. The highest BCUT2D eigenvalue weighted by molar-refractivity contribution is 5.90. The summed E-state index contributed by atoms with van der Waals surface area (Å²) in [6.07, 6.45) is 5.34. The maximum Gasteiger partial charge on any atom is 0.341 e. The number of hydrogen-bond donors (Lipinski definition) is 1. The van der Waals surface area contributed by atoms with Crippen molar-refractivity contribution >= 4 is 5.97 Å². The summed E-state index contributed by atoms with van der Waals surface area (Å²) in [6, 6.07) is 2.27.